The third-order valence-corrected chi connectivity index (χ3v) is 5.06. The van der Waals surface area contributed by atoms with Crippen molar-refractivity contribution in [1.29, 1.82) is 0 Å². The number of benzene rings is 2. The van der Waals surface area contributed by atoms with Crippen molar-refractivity contribution in [3.8, 4) is 23.0 Å². The van der Waals surface area contributed by atoms with Gasteiger partial charge in [-0.3, -0.25) is 4.79 Å². The predicted octanol–water partition coefficient (Wildman–Crippen LogP) is 2.69. The minimum absolute atomic E-state index is 0.0501. The molecule has 1 heterocycles. The number of carbonyl (C=O) groups excluding carboxylic acids is 2. The number of nitrogens with zero attached hydrogens (tertiary/aromatic N) is 1. The fourth-order valence-electron chi connectivity index (χ4n) is 3.61. The lowest BCUT2D eigenvalue weighted by Gasteiger charge is -2.24. The van der Waals surface area contributed by atoms with E-state index in [0.717, 1.165) is 0 Å². The van der Waals surface area contributed by atoms with Crippen LogP contribution in [0.15, 0.2) is 36.4 Å². The van der Waals surface area contributed by atoms with Gasteiger partial charge in [-0.15, -0.1) is 0 Å². The third kappa shape index (κ3) is 4.35. The van der Waals surface area contributed by atoms with Crippen molar-refractivity contribution < 1.29 is 37.7 Å². The number of hydrogen-bond donors (Lipinski definition) is 0. The van der Waals surface area contributed by atoms with Gasteiger partial charge in [-0.2, -0.15) is 0 Å². The first-order chi connectivity index (χ1) is 14.9. The average Bonchev–Trinajstić information content (AvgIpc) is 3.22. The van der Waals surface area contributed by atoms with Gasteiger partial charge >= 0.3 is 5.97 Å². The molecule has 1 amide bonds. The Kier molecular flexibility index (Phi) is 6.84. The topological polar surface area (TPSA) is 83.5 Å². The summed E-state index contributed by atoms with van der Waals surface area (Å²) in [5, 5.41) is 0. The highest BCUT2D eigenvalue weighted by atomic mass is 19.1. The summed E-state index contributed by atoms with van der Waals surface area (Å²) in [6.07, 6.45) is -0.446. The van der Waals surface area contributed by atoms with Crippen molar-refractivity contribution in [3.63, 3.8) is 0 Å². The van der Waals surface area contributed by atoms with Gasteiger partial charge in [0, 0.05) is 6.42 Å². The first-order valence-corrected chi connectivity index (χ1v) is 9.54. The van der Waals surface area contributed by atoms with Crippen LogP contribution >= 0.6 is 0 Å². The van der Waals surface area contributed by atoms with Gasteiger partial charge in [0.15, 0.2) is 23.1 Å². The van der Waals surface area contributed by atoms with Gasteiger partial charge in [0.05, 0.1) is 40.5 Å². The van der Waals surface area contributed by atoms with Crippen LogP contribution in [0, 0.1) is 5.82 Å². The second-order valence-corrected chi connectivity index (χ2v) is 6.78. The van der Waals surface area contributed by atoms with E-state index in [0.29, 0.717) is 5.75 Å². The lowest BCUT2D eigenvalue weighted by Crippen LogP contribution is -2.41. The summed E-state index contributed by atoms with van der Waals surface area (Å²) in [4.78, 5) is 27.1. The Morgan fingerprint density at radius 3 is 2.26 bits per heavy atom. The molecule has 166 valence electrons. The second kappa shape index (κ2) is 9.55. The highest BCUT2D eigenvalue weighted by molar-refractivity contribution is 6.00. The Morgan fingerprint density at radius 2 is 1.65 bits per heavy atom. The minimum Gasteiger partial charge on any atom is -0.493 e. The number of para-hydroxylation sites is 1. The fraction of sp³-hybridized carbons (Fsp3) is 0.364. The molecule has 1 saturated heterocycles. The van der Waals surface area contributed by atoms with Crippen molar-refractivity contribution >= 4 is 11.9 Å². The van der Waals surface area contributed by atoms with Crippen molar-refractivity contribution in [2.45, 2.75) is 18.6 Å². The SMILES string of the molecule is COC(=O)[C@@H]1C[C@@H](Oc2ccccc2F)CN1C(=O)c1ccc(OC)c(OC)c1OC. The number of amides is 1. The van der Waals surface area contributed by atoms with Crippen LogP contribution in [0.4, 0.5) is 4.39 Å². The first kappa shape index (κ1) is 22.2. The van der Waals surface area contributed by atoms with E-state index >= 15 is 0 Å². The molecule has 1 aliphatic rings. The molecule has 0 aromatic heterocycles. The molecule has 3 rings (SSSR count). The molecule has 0 radical (unpaired) electrons. The number of halogens is 1. The van der Waals surface area contributed by atoms with E-state index < -0.39 is 29.8 Å². The van der Waals surface area contributed by atoms with Crippen LogP contribution in [0.5, 0.6) is 23.0 Å². The number of ether oxygens (including phenoxy) is 5. The molecule has 1 aliphatic heterocycles. The molecule has 2 atom stereocenters. The largest absolute Gasteiger partial charge is 0.493 e. The molecule has 0 bridgehead atoms. The first-order valence-electron chi connectivity index (χ1n) is 9.54. The summed E-state index contributed by atoms with van der Waals surface area (Å²) in [5.74, 6) is -0.724. The van der Waals surface area contributed by atoms with Gasteiger partial charge in [-0.1, -0.05) is 12.1 Å². The Labute approximate surface area is 179 Å². The van der Waals surface area contributed by atoms with E-state index in [2.05, 4.69) is 0 Å². The van der Waals surface area contributed by atoms with Crippen molar-refractivity contribution in [1.82, 2.24) is 4.90 Å². The fourth-order valence-corrected chi connectivity index (χ4v) is 3.61. The molecule has 8 nitrogen and oxygen atoms in total. The molecule has 2 aromatic carbocycles. The molecule has 0 aliphatic carbocycles. The summed E-state index contributed by atoms with van der Waals surface area (Å²) in [6, 6.07) is 8.17. The van der Waals surface area contributed by atoms with Gasteiger partial charge in [0.25, 0.3) is 5.91 Å². The van der Waals surface area contributed by atoms with Crippen molar-refractivity contribution in [2.75, 3.05) is 35.0 Å². The zero-order chi connectivity index (χ0) is 22.5. The third-order valence-electron chi connectivity index (χ3n) is 5.06. The Hall–Kier alpha value is -3.49. The Bertz CT molecular complexity index is 965. The van der Waals surface area contributed by atoms with Gasteiger partial charge < -0.3 is 28.6 Å². The van der Waals surface area contributed by atoms with Crippen LogP contribution in [0.25, 0.3) is 0 Å². The molecule has 0 unspecified atom stereocenters. The maximum Gasteiger partial charge on any atom is 0.328 e. The van der Waals surface area contributed by atoms with Gasteiger partial charge in [0.1, 0.15) is 12.1 Å². The summed E-state index contributed by atoms with van der Waals surface area (Å²) in [7, 11) is 5.55. The summed E-state index contributed by atoms with van der Waals surface area (Å²) >= 11 is 0. The maximum atomic E-state index is 14.0. The molecular weight excluding hydrogens is 409 g/mol. The van der Waals surface area contributed by atoms with E-state index in [1.165, 1.54) is 51.5 Å². The minimum atomic E-state index is -0.896. The van der Waals surface area contributed by atoms with Crippen LogP contribution in [0.1, 0.15) is 16.8 Å². The smallest absolute Gasteiger partial charge is 0.328 e. The van der Waals surface area contributed by atoms with E-state index in [9.17, 15) is 14.0 Å². The van der Waals surface area contributed by atoms with Gasteiger partial charge in [0.2, 0.25) is 5.75 Å². The Morgan fingerprint density at radius 1 is 0.935 bits per heavy atom. The number of likely N-dealkylation sites (tertiary alicyclic amines) is 1. The highest BCUT2D eigenvalue weighted by Gasteiger charge is 2.43. The van der Waals surface area contributed by atoms with Crippen LogP contribution in [0.3, 0.4) is 0 Å². The molecule has 2 aromatic rings. The normalized spacial score (nSPS) is 17.8. The quantitative estimate of drug-likeness (QED) is 0.621. The number of carbonyl (C=O) groups is 2. The van der Waals surface area contributed by atoms with E-state index in [4.69, 9.17) is 23.7 Å². The molecule has 1 fully saturated rings. The molecule has 0 N–H and O–H groups in total. The van der Waals surface area contributed by atoms with E-state index in [1.54, 1.807) is 18.2 Å². The number of hydrogen-bond acceptors (Lipinski definition) is 7. The van der Waals surface area contributed by atoms with Gasteiger partial charge in [-0.05, 0) is 24.3 Å². The second-order valence-electron chi connectivity index (χ2n) is 6.78. The zero-order valence-corrected chi connectivity index (χ0v) is 17.7. The molecule has 0 spiro atoms. The van der Waals surface area contributed by atoms with Crippen LogP contribution in [0.2, 0.25) is 0 Å². The van der Waals surface area contributed by atoms with Crippen molar-refractivity contribution in [3.05, 3.63) is 47.8 Å². The predicted molar refractivity (Wildman–Crippen MR) is 108 cm³/mol. The lowest BCUT2D eigenvalue weighted by atomic mass is 10.1. The zero-order valence-electron chi connectivity index (χ0n) is 17.7. The Balaban J connectivity index is 1.93. The van der Waals surface area contributed by atoms with Crippen molar-refractivity contribution in [2.24, 2.45) is 0 Å². The van der Waals surface area contributed by atoms with E-state index in [1.807, 2.05) is 0 Å². The van der Waals surface area contributed by atoms with Crippen LogP contribution < -0.4 is 18.9 Å². The number of esters is 1. The average molecular weight is 433 g/mol. The summed E-state index contributed by atoms with van der Waals surface area (Å²) < 4.78 is 40.6. The van der Waals surface area contributed by atoms with Crippen LogP contribution in [-0.4, -0.2) is 63.9 Å². The standard InChI is InChI=1S/C22H24FNO7/c1-27-18-10-9-14(19(28-2)20(18)29-3)21(25)24-12-13(11-16(24)22(26)30-4)31-17-8-6-5-7-15(17)23/h5-10,13,16H,11-12H2,1-4H3/t13-,16+/m1/s1. The molecule has 9 heteroatoms. The lowest BCUT2D eigenvalue weighted by molar-refractivity contribution is -0.145. The summed E-state index contributed by atoms with van der Waals surface area (Å²) in [6.45, 7) is 0.0600. The number of methoxy groups -OCH3 is 4. The maximum absolute atomic E-state index is 14.0. The van der Waals surface area contributed by atoms with E-state index in [-0.39, 0.29) is 35.8 Å². The van der Waals surface area contributed by atoms with Crippen LogP contribution in [-0.2, 0) is 9.53 Å². The molecule has 31 heavy (non-hydrogen) atoms. The highest BCUT2D eigenvalue weighted by Crippen LogP contribution is 2.41. The molecule has 0 saturated carbocycles. The van der Waals surface area contributed by atoms with Gasteiger partial charge in [-0.25, -0.2) is 9.18 Å². The summed E-state index contributed by atoms with van der Waals surface area (Å²) in [5.41, 5.74) is 0.181. The number of rotatable bonds is 7. The molecular formula is C22H24FNO7. The monoisotopic (exact) mass is 433 g/mol.